The van der Waals surface area contributed by atoms with E-state index in [-0.39, 0.29) is 19.1 Å². The highest BCUT2D eigenvalue weighted by Crippen LogP contribution is 2.08. The lowest BCUT2D eigenvalue weighted by Crippen LogP contribution is -2.33. The summed E-state index contributed by atoms with van der Waals surface area (Å²) in [5, 5.41) is 11.6. The number of carbonyl (C=O) groups is 1. The van der Waals surface area contributed by atoms with E-state index in [1.165, 1.54) is 0 Å². The highest BCUT2D eigenvalue weighted by Gasteiger charge is 2.09. The van der Waals surface area contributed by atoms with Crippen molar-refractivity contribution in [3.05, 3.63) is 0 Å². The van der Waals surface area contributed by atoms with Crippen molar-refractivity contribution in [2.24, 2.45) is 11.7 Å². The highest BCUT2D eigenvalue weighted by atomic mass is 16.5. The fourth-order valence-corrected chi connectivity index (χ4v) is 1.50. The van der Waals surface area contributed by atoms with Crippen LogP contribution < -0.4 is 11.1 Å². The van der Waals surface area contributed by atoms with Crippen LogP contribution in [0.1, 0.15) is 26.2 Å². The maximum absolute atomic E-state index is 11.3. The van der Waals surface area contributed by atoms with E-state index in [1.807, 2.05) is 0 Å². The summed E-state index contributed by atoms with van der Waals surface area (Å²) in [6, 6.07) is 0. The number of amides is 1. The van der Waals surface area contributed by atoms with Gasteiger partial charge in [-0.15, -0.1) is 0 Å². The van der Waals surface area contributed by atoms with Gasteiger partial charge in [-0.3, -0.25) is 4.79 Å². The van der Waals surface area contributed by atoms with Gasteiger partial charge in [0.2, 0.25) is 5.91 Å². The van der Waals surface area contributed by atoms with Crippen LogP contribution in [0.25, 0.3) is 0 Å². The Morgan fingerprint density at radius 1 is 1.50 bits per heavy atom. The summed E-state index contributed by atoms with van der Waals surface area (Å²) in [6.45, 7) is 3.77. The molecular weight excluding hydrogens is 208 g/mol. The molecule has 0 saturated heterocycles. The Morgan fingerprint density at radius 2 is 2.25 bits per heavy atom. The van der Waals surface area contributed by atoms with Crippen LogP contribution in [0.15, 0.2) is 0 Å². The monoisotopic (exact) mass is 232 g/mol. The fraction of sp³-hybridized carbons (Fsp3) is 0.909. The van der Waals surface area contributed by atoms with Crippen LogP contribution in [-0.2, 0) is 9.53 Å². The number of carbonyl (C=O) groups excluding carboxylic acids is 1. The van der Waals surface area contributed by atoms with Gasteiger partial charge in [0.25, 0.3) is 0 Å². The van der Waals surface area contributed by atoms with E-state index in [2.05, 4.69) is 12.2 Å². The molecule has 0 fully saturated rings. The van der Waals surface area contributed by atoms with E-state index in [0.717, 1.165) is 19.3 Å². The lowest BCUT2D eigenvalue weighted by molar-refractivity contribution is -0.125. The normalized spacial score (nSPS) is 12.4. The van der Waals surface area contributed by atoms with Crippen LogP contribution in [0.5, 0.6) is 0 Å². The molecule has 0 aliphatic rings. The average molecular weight is 232 g/mol. The third kappa shape index (κ3) is 8.64. The van der Waals surface area contributed by atoms with Crippen LogP contribution in [0.4, 0.5) is 0 Å². The second kappa shape index (κ2) is 10.9. The second-order valence-corrected chi connectivity index (χ2v) is 3.81. The van der Waals surface area contributed by atoms with E-state index < -0.39 is 0 Å². The van der Waals surface area contributed by atoms with Gasteiger partial charge in [0, 0.05) is 19.7 Å². The molecule has 0 saturated carbocycles. The van der Waals surface area contributed by atoms with Crippen LogP contribution in [0.3, 0.4) is 0 Å². The fourth-order valence-electron chi connectivity index (χ4n) is 1.50. The quantitative estimate of drug-likeness (QED) is 0.458. The minimum absolute atomic E-state index is 0.0647. The Labute approximate surface area is 97.3 Å². The van der Waals surface area contributed by atoms with Crippen molar-refractivity contribution in [2.45, 2.75) is 26.2 Å². The van der Waals surface area contributed by atoms with Crippen molar-refractivity contribution < 1.29 is 14.6 Å². The Hall–Kier alpha value is -0.650. The zero-order valence-corrected chi connectivity index (χ0v) is 10.1. The predicted octanol–water partition coefficient (Wildman–Crippen LogP) is -0.123. The molecule has 5 nitrogen and oxygen atoms in total. The standard InChI is InChI=1S/C11H24N2O3/c1-2-3-10(4-6-14)8-13-11(15)9-16-7-5-12/h10,14H,2-9,12H2,1H3,(H,13,15). The first-order valence-electron chi connectivity index (χ1n) is 5.89. The molecule has 1 unspecified atom stereocenters. The Balaban J connectivity index is 3.60. The summed E-state index contributed by atoms with van der Waals surface area (Å²) in [7, 11) is 0. The minimum atomic E-state index is -0.118. The molecule has 0 spiro atoms. The first-order valence-corrected chi connectivity index (χ1v) is 5.89. The number of nitrogens with one attached hydrogen (secondary N) is 1. The SMILES string of the molecule is CCCC(CCO)CNC(=O)COCCN. The second-order valence-electron chi connectivity index (χ2n) is 3.81. The molecule has 0 radical (unpaired) electrons. The Kier molecular flexibility index (Phi) is 10.4. The van der Waals surface area contributed by atoms with Crippen LogP contribution >= 0.6 is 0 Å². The van der Waals surface area contributed by atoms with Gasteiger partial charge in [-0.05, 0) is 18.8 Å². The van der Waals surface area contributed by atoms with Gasteiger partial charge in [-0.1, -0.05) is 13.3 Å². The Bertz CT molecular complexity index is 171. The first kappa shape index (κ1) is 15.3. The van der Waals surface area contributed by atoms with Crippen molar-refractivity contribution in [1.82, 2.24) is 5.32 Å². The molecular formula is C11H24N2O3. The highest BCUT2D eigenvalue weighted by molar-refractivity contribution is 5.77. The number of hydrogen-bond donors (Lipinski definition) is 3. The summed E-state index contributed by atoms with van der Waals surface area (Å²) in [5.41, 5.74) is 5.23. The Morgan fingerprint density at radius 3 is 2.81 bits per heavy atom. The van der Waals surface area contributed by atoms with Crippen LogP contribution in [0.2, 0.25) is 0 Å². The van der Waals surface area contributed by atoms with E-state index in [1.54, 1.807) is 0 Å². The molecule has 0 aliphatic heterocycles. The number of nitrogens with two attached hydrogens (primary N) is 1. The minimum Gasteiger partial charge on any atom is -0.396 e. The van der Waals surface area contributed by atoms with E-state index in [0.29, 0.717) is 25.6 Å². The largest absolute Gasteiger partial charge is 0.396 e. The summed E-state index contributed by atoms with van der Waals surface area (Å²) in [5.74, 6) is 0.237. The molecule has 4 N–H and O–H groups in total. The number of aliphatic hydroxyl groups excluding tert-OH is 1. The van der Waals surface area contributed by atoms with Crippen molar-refractivity contribution in [3.63, 3.8) is 0 Å². The van der Waals surface area contributed by atoms with Gasteiger partial charge in [-0.2, -0.15) is 0 Å². The third-order valence-corrected chi connectivity index (χ3v) is 2.32. The number of ether oxygens (including phenoxy) is 1. The van der Waals surface area contributed by atoms with Crippen LogP contribution in [0, 0.1) is 5.92 Å². The van der Waals surface area contributed by atoms with E-state index in [4.69, 9.17) is 15.6 Å². The lowest BCUT2D eigenvalue weighted by atomic mass is 10.0. The van der Waals surface area contributed by atoms with Gasteiger partial charge in [0.05, 0.1) is 6.61 Å². The molecule has 0 bridgehead atoms. The molecule has 5 heteroatoms. The lowest BCUT2D eigenvalue weighted by Gasteiger charge is -2.15. The number of hydrogen-bond acceptors (Lipinski definition) is 4. The third-order valence-electron chi connectivity index (χ3n) is 2.32. The molecule has 96 valence electrons. The molecule has 16 heavy (non-hydrogen) atoms. The van der Waals surface area contributed by atoms with Crippen molar-refractivity contribution in [1.29, 1.82) is 0 Å². The maximum atomic E-state index is 11.3. The zero-order chi connectivity index (χ0) is 12.2. The average Bonchev–Trinajstić information content (AvgIpc) is 2.27. The van der Waals surface area contributed by atoms with Gasteiger partial charge >= 0.3 is 0 Å². The van der Waals surface area contributed by atoms with Gasteiger partial charge in [-0.25, -0.2) is 0 Å². The molecule has 0 rings (SSSR count). The molecule has 0 heterocycles. The maximum Gasteiger partial charge on any atom is 0.246 e. The summed E-state index contributed by atoms with van der Waals surface area (Å²) >= 11 is 0. The van der Waals surface area contributed by atoms with Gasteiger partial charge in [0.15, 0.2) is 0 Å². The summed E-state index contributed by atoms with van der Waals surface area (Å²) in [6.07, 6.45) is 2.81. The van der Waals surface area contributed by atoms with Gasteiger partial charge in [0.1, 0.15) is 6.61 Å². The molecule has 1 atom stereocenters. The van der Waals surface area contributed by atoms with Crippen molar-refractivity contribution in [2.75, 3.05) is 32.9 Å². The first-order chi connectivity index (χ1) is 7.74. The van der Waals surface area contributed by atoms with Crippen molar-refractivity contribution in [3.8, 4) is 0 Å². The van der Waals surface area contributed by atoms with E-state index >= 15 is 0 Å². The molecule has 0 aliphatic carbocycles. The molecule has 0 aromatic rings. The van der Waals surface area contributed by atoms with Gasteiger partial charge < -0.3 is 20.9 Å². The zero-order valence-electron chi connectivity index (χ0n) is 10.1. The van der Waals surface area contributed by atoms with Crippen LogP contribution in [-0.4, -0.2) is 43.9 Å². The van der Waals surface area contributed by atoms with E-state index in [9.17, 15) is 4.79 Å². The predicted molar refractivity (Wildman–Crippen MR) is 63.0 cm³/mol. The molecule has 0 aromatic heterocycles. The van der Waals surface area contributed by atoms with Crippen molar-refractivity contribution >= 4 is 5.91 Å². The molecule has 1 amide bonds. The summed E-state index contributed by atoms with van der Waals surface area (Å²) < 4.78 is 5.01. The number of rotatable bonds is 10. The molecule has 0 aromatic carbocycles. The summed E-state index contributed by atoms with van der Waals surface area (Å²) in [4.78, 5) is 11.3. The topological polar surface area (TPSA) is 84.6 Å². The smallest absolute Gasteiger partial charge is 0.246 e. The number of aliphatic hydroxyl groups is 1.